The summed E-state index contributed by atoms with van der Waals surface area (Å²) in [5, 5.41) is 9.85. The molecule has 22 rings (SSSR count). The minimum Gasteiger partial charge on any atom is -0.311 e. The van der Waals surface area contributed by atoms with Crippen molar-refractivity contribution in [2.24, 2.45) is 0 Å². The Morgan fingerprint density at radius 3 is 0.844 bits per heavy atom. The van der Waals surface area contributed by atoms with Crippen LogP contribution in [-0.4, -0.2) is 25.0 Å². The molecule has 20 aromatic rings. The fourth-order valence-electron chi connectivity index (χ4n) is 21.9. The Morgan fingerprint density at radius 2 is 0.481 bits per heavy atom. The number of benzene rings is 16. The van der Waals surface area contributed by atoms with Crippen molar-refractivity contribution in [3.8, 4) is 56.1 Å². The van der Waals surface area contributed by atoms with Crippen LogP contribution >= 0.6 is 0 Å². The van der Waals surface area contributed by atoms with Crippen LogP contribution in [0.5, 0.6) is 0 Å². The first-order chi connectivity index (χ1) is 64.0. The number of anilines is 6. The van der Waals surface area contributed by atoms with Gasteiger partial charge in [-0.1, -0.05) is 336 Å². The highest BCUT2D eigenvalue weighted by Gasteiger charge is 2.46. The second kappa shape index (κ2) is 30.4. The van der Waals surface area contributed by atoms with E-state index in [-0.39, 0.29) is 50.0 Å². The highest BCUT2D eigenvalue weighted by Crippen LogP contribution is 2.54. The standard InChI is InChI=1S/C128H125BN6/c1-121(2,3)84-46-56-106-98(70-84)99-71-85(122(4,5)6)47-57-107(99)130(106)93-52-54-104-114(76-93)132(95-65-80(78-36-28-25-29-37-78)62-81(66-95)79-38-30-26-31-39-79)116-67-83(82-63-90(127(19,20)21)69-91(64-82)128(22,23)24)68-117-118(116)129(104)105-55-53-94(131-108-58-48-86(123(7,8)9)72-100(108)101-73-87(124(10,11)12)49-59-109(101)131)77-115(105)135(117)113-45-35-43-97-96-42-34-44-112(119(96)133(120(97)113)92-40-32-27-33-41-92)134-110-60-50-88(125(13,14)15)74-102(110)103-75-89(126(16,17)18)51-61-111(103)134/h25-77H,1-24H3. The Kier molecular flexibility index (Phi) is 19.6. The van der Waals surface area contributed by atoms with Crippen molar-refractivity contribution >= 4 is 144 Å². The normalized spacial score (nSPS) is 13.6. The summed E-state index contributed by atoms with van der Waals surface area (Å²) in [7, 11) is 0. The van der Waals surface area contributed by atoms with Gasteiger partial charge in [-0.05, 0) is 289 Å². The van der Waals surface area contributed by atoms with Crippen LogP contribution in [0, 0.1) is 0 Å². The molecule has 4 aromatic heterocycles. The van der Waals surface area contributed by atoms with E-state index in [0.29, 0.717) is 0 Å². The summed E-state index contributed by atoms with van der Waals surface area (Å²) in [4.78, 5) is 5.46. The molecule has 670 valence electrons. The molecule has 0 saturated carbocycles. The van der Waals surface area contributed by atoms with E-state index in [1.807, 2.05) is 0 Å². The maximum atomic E-state index is 2.76. The van der Waals surface area contributed by atoms with Crippen LogP contribution in [0.2, 0.25) is 0 Å². The van der Waals surface area contributed by atoms with Crippen molar-refractivity contribution in [3.63, 3.8) is 0 Å². The fraction of sp³-hybridized carbons (Fsp3) is 0.250. The van der Waals surface area contributed by atoms with Crippen molar-refractivity contribution in [1.29, 1.82) is 0 Å². The quantitative estimate of drug-likeness (QED) is 0.135. The lowest BCUT2D eigenvalue weighted by Crippen LogP contribution is -2.61. The van der Waals surface area contributed by atoms with Gasteiger partial charge in [-0.15, -0.1) is 0 Å². The second-order valence-corrected chi connectivity index (χ2v) is 47.2. The summed E-state index contributed by atoms with van der Waals surface area (Å²) in [6.45, 7) is 56.2. The smallest absolute Gasteiger partial charge is 0.252 e. The minimum absolute atomic E-state index is 0.0813. The molecule has 16 aromatic carbocycles. The van der Waals surface area contributed by atoms with Crippen LogP contribution in [0.15, 0.2) is 322 Å². The van der Waals surface area contributed by atoms with Crippen LogP contribution in [0.4, 0.5) is 34.1 Å². The molecule has 0 radical (unpaired) electrons. The van der Waals surface area contributed by atoms with Gasteiger partial charge in [0.1, 0.15) is 0 Å². The average molecular weight is 1760 g/mol. The molecule has 135 heavy (non-hydrogen) atoms. The average Bonchev–Trinajstić information content (AvgIpc) is 1.63. The van der Waals surface area contributed by atoms with E-state index in [2.05, 4.69) is 516 Å². The third-order valence-corrected chi connectivity index (χ3v) is 29.7. The van der Waals surface area contributed by atoms with Gasteiger partial charge in [0.15, 0.2) is 0 Å². The van der Waals surface area contributed by atoms with Gasteiger partial charge in [0.05, 0.1) is 55.5 Å². The summed E-state index contributed by atoms with van der Waals surface area (Å²) in [6, 6.07) is 127. The Morgan fingerprint density at radius 1 is 0.170 bits per heavy atom. The number of fused-ring (bicyclic) bond motifs is 16. The fourth-order valence-corrected chi connectivity index (χ4v) is 21.9. The summed E-state index contributed by atoms with van der Waals surface area (Å²) in [5.74, 6) is 0. The Labute approximate surface area is 798 Å². The van der Waals surface area contributed by atoms with E-state index >= 15 is 0 Å². The molecule has 0 atom stereocenters. The molecule has 0 spiro atoms. The Hall–Kier alpha value is -13.6. The summed E-state index contributed by atoms with van der Waals surface area (Å²) < 4.78 is 10.4. The van der Waals surface area contributed by atoms with Crippen molar-refractivity contribution in [2.45, 2.75) is 209 Å². The predicted molar refractivity (Wildman–Crippen MR) is 584 cm³/mol. The van der Waals surface area contributed by atoms with Gasteiger partial charge in [0.2, 0.25) is 0 Å². The van der Waals surface area contributed by atoms with E-state index in [1.54, 1.807) is 0 Å². The first-order valence-electron chi connectivity index (χ1n) is 48.9. The van der Waals surface area contributed by atoms with Gasteiger partial charge in [-0.25, -0.2) is 0 Å². The lowest BCUT2D eigenvalue weighted by atomic mass is 9.33. The zero-order valence-corrected chi connectivity index (χ0v) is 83.4. The molecule has 0 fully saturated rings. The SMILES string of the molecule is CC(C)(C)c1cc(-c2cc3c4c(c2)N(c2cccc5c6cccc(-n7c8ccc(C(C)(C)C)cc8c8cc(C(C)(C)C)ccc87)c6n(-c6ccccc6)c25)c2cc(-n5c6ccc(C(C)(C)C)cc6c6cc(C(C)(C)C)ccc65)ccc2B4c2ccc(-n4c5ccc(C(C)(C)C)cc5c5cc(C(C)(C)C)ccc54)cc2N3c2cc(-c3ccccc3)cc(-c3ccccc3)c2)cc(C(C)(C)C)c1. The van der Waals surface area contributed by atoms with Crippen molar-refractivity contribution in [3.05, 3.63) is 366 Å². The van der Waals surface area contributed by atoms with E-state index in [4.69, 9.17) is 0 Å². The molecule has 0 bridgehead atoms. The molecule has 0 unspecified atom stereocenters. The summed E-state index contributed by atoms with van der Waals surface area (Å²) >= 11 is 0. The summed E-state index contributed by atoms with van der Waals surface area (Å²) in [6.07, 6.45) is 0. The molecule has 0 saturated heterocycles. The number of rotatable bonds is 9. The maximum absolute atomic E-state index is 2.76. The van der Waals surface area contributed by atoms with E-state index in [1.165, 1.54) is 137 Å². The first kappa shape index (κ1) is 86.8. The van der Waals surface area contributed by atoms with Crippen LogP contribution in [-0.2, 0) is 43.3 Å². The van der Waals surface area contributed by atoms with Crippen LogP contribution in [0.3, 0.4) is 0 Å². The first-order valence-corrected chi connectivity index (χ1v) is 48.9. The maximum Gasteiger partial charge on any atom is 0.252 e. The van der Waals surface area contributed by atoms with Gasteiger partial charge in [-0.3, -0.25) is 0 Å². The van der Waals surface area contributed by atoms with Crippen LogP contribution in [0.1, 0.15) is 211 Å². The van der Waals surface area contributed by atoms with E-state index < -0.39 is 0 Å². The molecule has 0 aliphatic carbocycles. The van der Waals surface area contributed by atoms with Crippen LogP contribution in [0.25, 0.3) is 143 Å². The van der Waals surface area contributed by atoms with Crippen molar-refractivity contribution < 1.29 is 0 Å². The van der Waals surface area contributed by atoms with Crippen LogP contribution < -0.4 is 26.2 Å². The molecule has 0 amide bonds. The number of hydrogen-bond donors (Lipinski definition) is 0. The lowest BCUT2D eigenvalue weighted by Gasteiger charge is -2.45. The largest absolute Gasteiger partial charge is 0.311 e. The third-order valence-electron chi connectivity index (χ3n) is 29.7. The van der Waals surface area contributed by atoms with Gasteiger partial charge in [0, 0.05) is 88.6 Å². The number of hydrogen-bond acceptors (Lipinski definition) is 2. The molecular formula is C128H125BN6. The van der Waals surface area contributed by atoms with Gasteiger partial charge < -0.3 is 28.1 Å². The minimum atomic E-state index is -0.316. The topological polar surface area (TPSA) is 26.2 Å². The molecule has 6 heterocycles. The number of aromatic nitrogens is 4. The third kappa shape index (κ3) is 14.4. The molecule has 0 N–H and O–H groups in total. The zero-order valence-electron chi connectivity index (χ0n) is 83.4. The molecule has 6 nitrogen and oxygen atoms in total. The van der Waals surface area contributed by atoms with Gasteiger partial charge >= 0.3 is 0 Å². The predicted octanol–water partition coefficient (Wildman–Crippen LogP) is 33.5. The Balaban J connectivity index is 0.918. The van der Waals surface area contributed by atoms with Gasteiger partial charge in [-0.2, -0.15) is 0 Å². The van der Waals surface area contributed by atoms with E-state index in [9.17, 15) is 0 Å². The van der Waals surface area contributed by atoms with E-state index in [0.717, 1.165) is 101 Å². The monoisotopic (exact) mass is 1760 g/mol. The highest BCUT2D eigenvalue weighted by atomic mass is 15.2. The Bertz CT molecular complexity index is 7980. The summed E-state index contributed by atoms with van der Waals surface area (Å²) in [5.41, 5.74) is 40.3. The highest BCUT2D eigenvalue weighted by molar-refractivity contribution is 7.00. The number of nitrogens with zero attached hydrogens (tertiary/aromatic N) is 6. The van der Waals surface area contributed by atoms with Gasteiger partial charge in [0.25, 0.3) is 6.71 Å². The van der Waals surface area contributed by atoms with Crippen molar-refractivity contribution in [2.75, 3.05) is 9.80 Å². The number of para-hydroxylation sites is 3. The van der Waals surface area contributed by atoms with Crippen molar-refractivity contribution in [1.82, 2.24) is 18.3 Å². The lowest BCUT2D eigenvalue weighted by molar-refractivity contribution is 0.569. The zero-order chi connectivity index (χ0) is 94.3. The molecule has 2 aliphatic heterocycles. The molecule has 7 heteroatoms. The second-order valence-electron chi connectivity index (χ2n) is 47.2. The molecule has 2 aliphatic rings. The molecular weight excluding hydrogens is 1630 g/mol.